The first kappa shape index (κ1) is 12.5. The maximum Gasteiger partial charge on any atom is 0.124 e. The largest absolute Gasteiger partial charge is 0.496 e. The van der Waals surface area contributed by atoms with E-state index < -0.39 is 0 Å². The third kappa shape index (κ3) is 2.33. The van der Waals surface area contributed by atoms with Gasteiger partial charge >= 0.3 is 0 Å². The second-order valence-corrected chi connectivity index (χ2v) is 4.24. The molecule has 0 radical (unpaired) electrons. The number of aryl methyl sites for hydroxylation is 2. The number of ether oxygens (including phenoxy) is 1. The minimum Gasteiger partial charge on any atom is -0.496 e. The molecule has 4 nitrogen and oxygen atoms in total. The Hall–Kier alpha value is -1.94. The summed E-state index contributed by atoms with van der Waals surface area (Å²) in [5, 5.41) is 0. The Labute approximate surface area is 107 Å². The number of rotatable bonds is 3. The van der Waals surface area contributed by atoms with Crippen LogP contribution in [0.2, 0.25) is 0 Å². The highest BCUT2D eigenvalue weighted by atomic mass is 16.5. The second-order valence-electron chi connectivity index (χ2n) is 4.24. The van der Waals surface area contributed by atoms with E-state index in [0.29, 0.717) is 6.54 Å². The molecular formula is C14H17N3O. The van der Waals surface area contributed by atoms with Crippen molar-refractivity contribution in [2.45, 2.75) is 20.4 Å². The number of hydrogen-bond donors (Lipinski definition) is 1. The van der Waals surface area contributed by atoms with Crippen molar-refractivity contribution in [2.24, 2.45) is 5.73 Å². The summed E-state index contributed by atoms with van der Waals surface area (Å²) in [5.41, 5.74) is 10.6. The molecule has 0 fully saturated rings. The Balaban J connectivity index is 2.51. The Kier molecular flexibility index (Phi) is 3.58. The monoisotopic (exact) mass is 243 g/mol. The number of benzene rings is 1. The van der Waals surface area contributed by atoms with Crippen LogP contribution in [0.4, 0.5) is 0 Å². The van der Waals surface area contributed by atoms with Crippen LogP contribution in [0.15, 0.2) is 24.5 Å². The van der Waals surface area contributed by atoms with Gasteiger partial charge < -0.3 is 10.5 Å². The first-order valence-corrected chi connectivity index (χ1v) is 5.82. The van der Waals surface area contributed by atoms with Crippen LogP contribution in [0.5, 0.6) is 5.75 Å². The van der Waals surface area contributed by atoms with E-state index in [1.54, 1.807) is 13.4 Å². The molecule has 94 valence electrons. The lowest BCUT2D eigenvalue weighted by Gasteiger charge is -2.11. The zero-order valence-electron chi connectivity index (χ0n) is 10.9. The summed E-state index contributed by atoms with van der Waals surface area (Å²) in [4.78, 5) is 8.39. The summed E-state index contributed by atoms with van der Waals surface area (Å²) in [5.74, 6) is 0.923. The van der Waals surface area contributed by atoms with Crippen molar-refractivity contribution in [2.75, 3.05) is 7.11 Å². The van der Waals surface area contributed by atoms with Crippen molar-refractivity contribution in [3.05, 3.63) is 41.3 Å². The topological polar surface area (TPSA) is 61.0 Å². The fourth-order valence-electron chi connectivity index (χ4n) is 2.09. The summed E-state index contributed by atoms with van der Waals surface area (Å²) >= 11 is 0. The van der Waals surface area contributed by atoms with Crippen LogP contribution >= 0.6 is 0 Å². The first-order valence-electron chi connectivity index (χ1n) is 5.82. The third-order valence-corrected chi connectivity index (χ3v) is 2.89. The van der Waals surface area contributed by atoms with Crippen molar-refractivity contribution in [3.63, 3.8) is 0 Å². The molecule has 1 aromatic heterocycles. The molecule has 0 amide bonds. The van der Waals surface area contributed by atoms with Crippen LogP contribution < -0.4 is 10.5 Å². The normalized spacial score (nSPS) is 10.4. The number of nitrogens with zero attached hydrogens (tertiary/aromatic N) is 2. The van der Waals surface area contributed by atoms with Crippen LogP contribution in [-0.4, -0.2) is 17.1 Å². The molecule has 2 N–H and O–H groups in total. The van der Waals surface area contributed by atoms with Crippen LogP contribution in [-0.2, 0) is 6.54 Å². The van der Waals surface area contributed by atoms with Gasteiger partial charge in [-0.1, -0.05) is 0 Å². The molecule has 0 aliphatic heterocycles. The van der Waals surface area contributed by atoms with Crippen LogP contribution in [0, 0.1) is 13.8 Å². The van der Waals surface area contributed by atoms with E-state index in [-0.39, 0.29) is 0 Å². The number of aromatic nitrogens is 2. The minimum absolute atomic E-state index is 0.420. The maximum atomic E-state index is 5.59. The molecule has 0 unspecified atom stereocenters. The second kappa shape index (κ2) is 5.14. The number of nitrogens with two attached hydrogens (primary N) is 1. The Morgan fingerprint density at radius 2 is 1.78 bits per heavy atom. The zero-order chi connectivity index (χ0) is 13.1. The summed E-state index contributed by atoms with van der Waals surface area (Å²) < 4.78 is 5.36. The predicted octanol–water partition coefficient (Wildman–Crippen LogP) is 2.23. The molecule has 2 rings (SSSR count). The average Bonchev–Trinajstić information content (AvgIpc) is 2.38. The Morgan fingerprint density at radius 3 is 2.33 bits per heavy atom. The van der Waals surface area contributed by atoms with Gasteiger partial charge in [-0.15, -0.1) is 0 Å². The van der Waals surface area contributed by atoms with Gasteiger partial charge in [0, 0.05) is 12.1 Å². The lowest BCUT2D eigenvalue weighted by molar-refractivity contribution is 0.408. The molecule has 0 aliphatic carbocycles. The highest BCUT2D eigenvalue weighted by molar-refractivity contribution is 5.64. The van der Waals surface area contributed by atoms with Gasteiger partial charge in [0.1, 0.15) is 12.1 Å². The molecule has 0 bridgehead atoms. The van der Waals surface area contributed by atoms with Crippen LogP contribution in [0.3, 0.4) is 0 Å². The standard InChI is InChI=1S/C14H17N3O/c1-9-4-11(5-10(2)14(9)18-3)13-6-12(7-15)16-8-17-13/h4-6,8H,7,15H2,1-3H3. The van der Waals surface area contributed by atoms with E-state index in [2.05, 4.69) is 22.1 Å². The lowest BCUT2D eigenvalue weighted by Crippen LogP contribution is -2.01. The zero-order valence-corrected chi connectivity index (χ0v) is 10.9. The van der Waals surface area contributed by atoms with Crippen molar-refractivity contribution >= 4 is 0 Å². The quantitative estimate of drug-likeness (QED) is 0.898. The van der Waals surface area contributed by atoms with Crippen LogP contribution in [0.25, 0.3) is 11.3 Å². The summed E-state index contributed by atoms with van der Waals surface area (Å²) in [6, 6.07) is 6.05. The fourth-order valence-corrected chi connectivity index (χ4v) is 2.09. The summed E-state index contributed by atoms with van der Waals surface area (Å²) in [7, 11) is 1.69. The van der Waals surface area contributed by atoms with Gasteiger partial charge in [0.2, 0.25) is 0 Å². The van der Waals surface area contributed by atoms with E-state index >= 15 is 0 Å². The van der Waals surface area contributed by atoms with E-state index in [4.69, 9.17) is 10.5 Å². The molecule has 18 heavy (non-hydrogen) atoms. The van der Waals surface area contributed by atoms with Gasteiger partial charge in [-0.2, -0.15) is 0 Å². The van der Waals surface area contributed by atoms with E-state index in [9.17, 15) is 0 Å². The SMILES string of the molecule is COc1c(C)cc(-c2cc(CN)ncn2)cc1C. The lowest BCUT2D eigenvalue weighted by atomic mass is 10.0. The molecule has 1 heterocycles. The van der Waals surface area contributed by atoms with Gasteiger partial charge in [0.05, 0.1) is 18.5 Å². The predicted molar refractivity (Wildman–Crippen MR) is 71.4 cm³/mol. The fraction of sp³-hybridized carbons (Fsp3) is 0.286. The number of methoxy groups -OCH3 is 1. The van der Waals surface area contributed by atoms with Crippen molar-refractivity contribution in [1.29, 1.82) is 0 Å². The van der Waals surface area contributed by atoms with Gasteiger partial charge in [-0.25, -0.2) is 9.97 Å². The first-order chi connectivity index (χ1) is 8.65. The molecule has 0 spiro atoms. The van der Waals surface area contributed by atoms with Gasteiger partial charge in [0.25, 0.3) is 0 Å². The minimum atomic E-state index is 0.420. The van der Waals surface area contributed by atoms with E-state index in [0.717, 1.165) is 33.8 Å². The molecule has 0 atom stereocenters. The van der Waals surface area contributed by atoms with Crippen molar-refractivity contribution < 1.29 is 4.74 Å². The highest BCUT2D eigenvalue weighted by Crippen LogP contribution is 2.28. The Bertz CT molecular complexity index is 544. The third-order valence-electron chi connectivity index (χ3n) is 2.89. The smallest absolute Gasteiger partial charge is 0.124 e. The molecule has 0 aliphatic rings. The van der Waals surface area contributed by atoms with Gasteiger partial charge in [0.15, 0.2) is 0 Å². The number of hydrogen-bond acceptors (Lipinski definition) is 4. The summed E-state index contributed by atoms with van der Waals surface area (Å²) in [6.45, 7) is 4.48. The van der Waals surface area contributed by atoms with E-state index in [1.165, 1.54) is 0 Å². The average molecular weight is 243 g/mol. The maximum absolute atomic E-state index is 5.59. The van der Waals surface area contributed by atoms with Crippen LogP contribution in [0.1, 0.15) is 16.8 Å². The highest BCUT2D eigenvalue weighted by Gasteiger charge is 2.08. The molecule has 4 heteroatoms. The van der Waals surface area contributed by atoms with Gasteiger partial charge in [-0.3, -0.25) is 0 Å². The Morgan fingerprint density at radius 1 is 1.11 bits per heavy atom. The van der Waals surface area contributed by atoms with Crippen molar-refractivity contribution in [3.8, 4) is 17.0 Å². The molecule has 0 saturated heterocycles. The molecule has 2 aromatic rings. The molecule has 0 saturated carbocycles. The summed E-state index contributed by atoms with van der Waals surface area (Å²) in [6.07, 6.45) is 1.55. The molecular weight excluding hydrogens is 226 g/mol. The van der Waals surface area contributed by atoms with Crippen molar-refractivity contribution in [1.82, 2.24) is 9.97 Å². The van der Waals surface area contributed by atoms with E-state index in [1.807, 2.05) is 19.9 Å². The molecule has 1 aromatic carbocycles. The van der Waals surface area contributed by atoms with Gasteiger partial charge in [-0.05, 0) is 43.2 Å².